The highest BCUT2D eigenvalue weighted by atomic mass is 32.1. The largest absolute Gasteiger partial charge is 0.359 e. The number of nitrogens with one attached hydrogen (secondary N) is 1. The Kier molecular flexibility index (Phi) is 5.97. The Morgan fingerprint density at radius 1 is 1.53 bits per heavy atom. The smallest absolute Gasteiger partial charge is 0.223 e. The summed E-state index contributed by atoms with van der Waals surface area (Å²) in [6.45, 7) is 6.76. The second-order valence-corrected chi connectivity index (χ2v) is 6.17. The van der Waals surface area contributed by atoms with E-state index in [0.717, 1.165) is 0 Å². The van der Waals surface area contributed by atoms with Gasteiger partial charge in [0.2, 0.25) is 5.91 Å². The molecule has 108 valence electrons. The van der Waals surface area contributed by atoms with Crippen LogP contribution >= 0.6 is 11.3 Å². The number of thiophene rings is 1. The molecular weight excluding hydrogens is 258 g/mol. The lowest BCUT2D eigenvalue weighted by Crippen LogP contribution is -2.41. The van der Waals surface area contributed by atoms with Crippen molar-refractivity contribution < 1.29 is 4.79 Å². The maximum atomic E-state index is 11.6. The molecule has 0 aliphatic carbocycles. The molecule has 1 aromatic rings. The van der Waals surface area contributed by atoms with Crippen molar-refractivity contribution in [1.82, 2.24) is 10.2 Å². The predicted molar refractivity (Wildman–Crippen MR) is 81.3 cm³/mol. The van der Waals surface area contributed by atoms with Gasteiger partial charge in [0.25, 0.3) is 0 Å². The van der Waals surface area contributed by atoms with Gasteiger partial charge in [-0.1, -0.05) is 6.92 Å². The van der Waals surface area contributed by atoms with Gasteiger partial charge in [0.15, 0.2) is 0 Å². The third-order valence-electron chi connectivity index (χ3n) is 3.40. The van der Waals surface area contributed by atoms with Crippen LogP contribution in [0.2, 0.25) is 0 Å². The van der Waals surface area contributed by atoms with E-state index >= 15 is 0 Å². The minimum atomic E-state index is -0.0449. The van der Waals surface area contributed by atoms with Gasteiger partial charge in [-0.2, -0.15) is 0 Å². The summed E-state index contributed by atoms with van der Waals surface area (Å²) in [6, 6.07) is 2.30. The van der Waals surface area contributed by atoms with Crippen LogP contribution in [0, 0.1) is 12.8 Å². The zero-order valence-corrected chi connectivity index (χ0v) is 13.3. The molecule has 0 saturated heterocycles. The highest BCUT2D eigenvalue weighted by Gasteiger charge is 2.26. The fourth-order valence-corrected chi connectivity index (χ4v) is 3.61. The van der Waals surface area contributed by atoms with Crippen molar-refractivity contribution in [2.45, 2.75) is 32.9 Å². The molecule has 3 unspecified atom stereocenters. The maximum Gasteiger partial charge on any atom is 0.223 e. The summed E-state index contributed by atoms with van der Waals surface area (Å²) in [6.07, 6.45) is 0. The SMILES string of the molecule is CNC(=O)C(C)CN(C)C(c1sccc1C)C(C)N. The van der Waals surface area contributed by atoms with Gasteiger partial charge in [-0.15, -0.1) is 11.3 Å². The molecule has 1 heterocycles. The molecule has 0 fully saturated rings. The van der Waals surface area contributed by atoms with Crippen molar-refractivity contribution in [2.24, 2.45) is 11.7 Å². The van der Waals surface area contributed by atoms with E-state index in [0.29, 0.717) is 6.54 Å². The Morgan fingerprint density at radius 2 is 2.16 bits per heavy atom. The Balaban J connectivity index is 2.83. The number of carbonyl (C=O) groups excluding carboxylic acids is 1. The molecular formula is C14H25N3OS. The van der Waals surface area contributed by atoms with E-state index in [-0.39, 0.29) is 23.9 Å². The van der Waals surface area contributed by atoms with Crippen molar-refractivity contribution in [3.63, 3.8) is 0 Å². The van der Waals surface area contributed by atoms with Crippen molar-refractivity contribution >= 4 is 17.2 Å². The molecule has 0 saturated carbocycles. The first-order chi connectivity index (χ1) is 8.88. The summed E-state index contributed by atoms with van der Waals surface area (Å²) < 4.78 is 0. The topological polar surface area (TPSA) is 58.4 Å². The number of likely N-dealkylation sites (N-methyl/N-ethyl adjacent to an activating group) is 1. The first-order valence-electron chi connectivity index (χ1n) is 6.59. The van der Waals surface area contributed by atoms with Gasteiger partial charge in [-0.25, -0.2) is 0 Å². The van der Waals surface area contributed by atoms with E-state index in [2.05, 4.69) is 28.6 Å². The quantitative estimate of drug-likeness (QED) is 0.836. The molecule has 0 aliphatic heterocycles. The third kappa shape index (κ3) is 4.03. The minimum Gasteiger partial charge on any atom is -0.359 e. The second kappa shape index (κ2) is 7.03. The molecule has 1 amide bonds. The number of hydrogen-bond acceptors (Lipinski definition) is 4. The Bertz CT molecular complexity index is 417. The molecule has 1 aromatic heterocycles. The predicted octanol–water partition coefficient (Wildman–Crippen LogP) is 1.76. The monoisotopic (exact) mass is 283 g/mol. The molecule has 1 rings (SSSR count). The number of aryl methyl sites for hydroxylation is 1. The summed E-state index contributed by atoms with van der Waals surface area (Å²) in [5.74, 6) is 0.0229. The summed E-state index contributed by atoms with van der Waals surface area (Å²) in [5.41, 5.74) is 7.42. The van der Waals surface area contributed by atoms with Crippen LogP contribution in [-0.4, -0.2) is 37.5 Å². The van der Waals surface area contributed by atoms with E-state index in [1.165, 1.54) is 10.4 Å². The number of carbonyl (C=O) groups is 1. The Hall–Kier alpha value is -0.910. The highest BCUT2D eigenvalue weighted by molar-refractivity contribution is 7.10. The van der Waals surface area contributed by atoms with Crippen molar-refractivity contribution in [3.05, 3.63) is 21.9 Å². The standard InChI is InChI=1S/C14H25N3OS/c1-9-6-7-19-13(9)12(11(3)15)17(5)8-10(2)14(18)16-4/h6-7,10-12H,8,15H2,1-5H3,(H,16,18). The molecule has 0 spiro atoms. The van der Waals surface area contributed by atoms with E-state index < -0.39 is 0 Å². The number of nitrogens with two attached hydrogens (primary N) is 1. The van der Waals surface area contributed by atoms with Gasteiger partial charge in [0.05, 0.1) is 6.04 Å². The van der Waals surface area contributed by atoms with Gasteiger partial charge in [-0.3, -0.25) is 9.69 Å². The van der Waals surface area contributed by atoms with Crippen LogP contribution < -0.4 is 11.1 Å². The van der Waals surface area contributed by atoms with Crippen LogP contribution in [-0.2, 0) is 4.79 Å². The Morgan fingerprint density at radius 3 is 2.58 bits per heavy atom. The molecule has 0 aliphatic rings. The summed E-state index contributed by atoms with van der Waals surface area (Å²) >= 11 is 1.73. The number of amides is 1. The lowest BCUT2D eigenvalue weighted by atomic mass is 10.0. The molecule has 0 aromatic carbocycles. The first-order valence-corrected chi connectivity index (χ1v) is 7.47. The van der Waals surface area contributed by atoms with Gasteiger partial charge in [-0.05, 0) is 37.9 Å². The molecule has 19 heavy (non-hydrogen) atoms. The molecule has 5 heteroatoms. The maximum absolute atomic E-state index is 11.6. The number of nitrogens with zero attached hydrogens (tertiary/aromatic N) is 1. The molecule has 3 atom stereocenters. The van der Waals surface area contributed by atoms with Crippen LogP contribution in [0.5, 0.6) is 0 Å². The summed E-state index contributed by atoms with van der Waals surface area (Å²) in [5, 5.41) is 4.78. The van der Waals surface area contributed by atoms with Crippen LogP contribution in [0.25, 0.3) is 0 Å². The van der Waals surface area contributed by atoms with E-state index in [9.17, 15) is 4.79 Å². The van der Waals surface area contributed by atoms with Gasteiger partial charge >= 0.3 is 0 Å². The average Bonchev–Trinajstić information content (AvgIpc) is 2.74. The fraction of sp³-hybridized carbons (Fsp3) is 0.643. The number of rotatable bonds is 6. The Labute approximate surface area is 120 Å². The zero-order chi connectivity index (χ0) is 14.6. The summed E-state index contributed by atoms with van der Waals surface area (Å²) in [4.78, 5) is 15.1. The number of hydrogen-bond donors (Lipinski definition) is 2. The van der Waals surface area contributed by atoms with Gasteiger partial charge < -0.3 is 11.1 Å². The highest BCUT2D eigenvalue weighted by Crippen LogP contribution is 2.30. The van der Waals surface area contributed by atoms with Crippen LogP contribution in [0.15, 0.2) is 11.4 Å². The van der Waals surface area contributed by atoms with Crippen LogP contribution in [0.1, 0.15) is 30.3 Å². The molecule has 4 nitrogen and oxygen atoms in total. The van der Waals surface area contributed by atoms with Crippen LogP contribution in [0.4, 0.5) is 0 Å². The van der Waals surface area contributed by atoms with E-state index in [1.807, 2.05) is 20.9 Å². The molecule has 0 bridgehead atoms. The van der Waals surface area contributed by atoms with Crippen molar-refractivity contribution in [1.29, 1.82) is 0 Å². The van der Waals surface area contributed by atoms with Gasteiger partial charge in [0, 0.05) is 30.4 Å². The summed E-state index contributed by atoms with van der Waals surface area (Å²) in [7, 11) is 3.71. The van der Waals surface area contributed by atoms with Crippen molar-refractivity contribution in [2.75, 3.05) is 20.6 Å². The zero-order valence-electron chi connectivity index (χ0n) is 12.4. The first kappa shape index (κ1) is 16.1. The van der Waals surface area contributed by atoms with Crippen molar-refractivity contribution in [3.8, 4) is 0 Å². The van der Waals surface area contributed by atoms with Crippen LogP contribution in [0.3, 0.4) is 0 Å². The van der Waals surface area contributed by atoms with Gasteiger partial charge in [0.1, 0.15) is 0 Å². The lowest BCUT2D eigenvalue weighted by molar-refractivity contribution is -0.124. The third-order valence-corrected chi connectivity index (χ3v) is 4.49. The fourth-order valence-electron chi connectivity index (χ4n) is 2.40. The lowest BCUT2D eigenvalue weighted by Gasteiger charge is -2.32. The average molecular weight is 283 g/mol. The normalized spacial score (nSPS) is 16.2. The minimum absolute atomic E-state index is 0.0271. The van der Waals surface area contributed by atoms with E-state index in [4.69, 9.17) is 5.73 Å². The van der Waals surface area contributed by atoms with E-state index in [1.54, 1.807) is 18.4 Å². The molecule has 3 N–H and O–H groups in total. The molecule has 0 radical (unpaired) electrons. The second-order valence-electron chi connectivity index (χ2n) is 5.23.